The van der Waals surface area contributed by atoms with Crippen molar-refractivity contribution in [3.63, 3.8) is 0 Å². The van der Waals surface area contributed by atoms with Crippen molar-refractivity contribution in [3.8, 4) is 17.2 Å². The van der Waals surface area contributed by atoms with Gasteiger partial charge >= 0.3 is 0 Å². The zero-order chi connectivity index (χ0) is 33.2. The smallest absolute Gasteiger partial charge is 0.250 e. The summed E-state index contributed by atoms with van der Waals surface area (Å²) in [4.78, 5) is 40.1. The van der Waals surface area contributed by atoms with Crippen LogP contribution in [0.5, 0.6) is 17.2 Å². The maximum absolute atomic E-state index is 13.1. The molecule has 1 saturated heterocycles. The fourth-order valence-corrected chi connectivity index (χ4v) is 6.96. The number of hydrogen-bond acceptors (Lipinski definition) is 8. The minimum atomic E-state index is -0.849. The molecule has 2 aliphatic heterocycles. The van der Waals surface area contributed by atoms with E-state index in [0.29, 0.717) is 48.4 Å². The summed E-state index contributed by atoms with van der Waals surface area (Å²) in [6.07, 6.45) is 0.790. The van der Waals surface area contributed by atoms with Gasteiger partial charge in [0.05, 0.1) is 19.6 Å². The van der Waals surface area contributed by atoms with Crippen LogP contribution in [-0.4, -0.2) is 40.7 Å². The van der Waals surface area contributed by atoms with E-state index in [1.807, 2.05) is 22.8 Å². The molecule has 0 radical (unpaired) electrons. The van der Waals surface area contributed by atoms with Crippen molar-refractivity contribution in [1.82, 2.24) is 9.47 Å². The monoisotopic (exact) mass is 639 g/mol. The minimum Gasteiger partial charge on any atom is -0.502 e. The van der Waals surface area contributed by atoms with Gasteiger partial charge in [-0.3, -0.25) is 19.3 Å². The topological polar surface area (TPSA) is 137 Å². The molecule has 2 bridgehead atoms. The maximum atomic E-state index is 13.1. The van der Waals surface area contributed by atoms with Gasteiger partial charge in [-0.1, -0.05) is 50.2 Å². The molecular formula is C37H41N3O7. The van der Waals surface area contributed by atoms with E-state index >= 15 is 0 Å². The van der Waals surface area contributed by atoms with Gasteiger partial charge in [-0.25, -0.2) is 0 Å². The SMILES string of the molecule is COc1ccc(C(CC(N)=O)c2oc(CN3C[C@H]4C[C@@H](C3)c3cccc(=O)n3C4)cc(=O)c2O)cc1OCc1ccc(C(C)C)cc1. The molecule has 6 rings (SSSR count). The van der Waals surface area contributed by atoms with Gasteiger partial charge in [0.25, 0.3) is 5.56 Å². The molecule has 1 unspecified atom stereocenters. The summed E-state index contributed by atoms with van der Waals surface area (Å²) < 4.78 is 19.8. The zero-order valence-corrected chi connectivity index (χ0v) is 27.0. The second-order valence-corrected chi connectivity index (χ2v) is 13.0. The van der Waals surface area contributed by atoms with Crippen molar-refractivity contribution >= 4 is 5.91 Å². The van der Waals surface area contributed by atoms with E-state index in [0.717, 1.165) is 24.2 Å². The van der Waals surface area contributed by atoms with Gasteiger partial charge in [0.15, 0.2) is 17.3 Å². The Labute approximate surface area is 273 Å². The highest BCUT2D eigenvalue weighted by Crippen LogP contribution is 2.39. The Kier molecular flexibility index (Phi) is 9.22. The molecule has 0 saturated carbocycles. The van der Waals surface area contributed by atoms with Crippen LogP contribution in [0.4, 0.5) is 0 Å². The van der Waals surface area contributed by atoms with Crippen LogP contribution in [0, 0.1) is 5.92 Å². The third-order valence-corrected chi connectivity index (χ3v) is 9.29. The summed E-state index contributed by atoms with van der Waals surface area (Å²) >= 11 is 0. The van der Waals surface area contributed by atoms with Gasteiger partial charge in [0.2, 0.25) is 17.1 Å². The molecule has 0 spiro atoms. The summed E-state index contributed by atoms with van der Waals surface area (Å²) in [7, 11) is 1.54. The number of benzene rings is 2. The first kappa shape index (κ1) is 32.1. The molecule has 3 atom stereocenters. The number of carbonyl (C=O) groups is 1. The first-order valence-corrected chi connectivity index (χ1v) is 16.1. The molecule has 2 aromatic carbocycles. The molecule has 246 valence electrons. The zero-order valence-electron chi connectivity index (χ0n) is 27.0. The van der Waals surface area contributed by atoms with Gasteiger partial charge < -0.3 is 29.3 Å². The number of amides is 1. The van der Waals surface area contributed by atoms with E-state index in [1.54, 1.807) is 37.4 Å². The number of likely N-dealkylation sites (tertiary alicyclic amines) is 1. The largest absolute Gasteiger partial charge is 0.502 e. The third kappa shape index (κ3) is 6.97. The number of aromatic hydroxyl groups is 1. The first-order valence-electron chi connectivity index (χ1n) is 16.1. The Morgan fingerprint density at radius 2 is 1.77 bits per heavy atom. The van der Waals surface area contributed by atoms with Crippen molar-refractivity contribution in [2.45, 2.75) is 64.1 Å². The second kappa shape index (κ2) is 13.5. The Balaban J connectivity index is 1.27. The molecule has 4 aromatic rings. The van der Waals surface area contributed by atoms with Crippen molar-refractivity contribution in [2.75, 3.05) is 20.2 Å². The molecule has 0 aliphatic carbocycles. The highest BCUT2D eigenvalue weighted by molar-refractivity contribution is 5.75. The lowest BCUT2D eigenvalue weighted by atomic mass is 9.83. The van der Waals surface area contributed by atoms with Crippen molar-refractivity contribution in [2.24, 2.45) is 11.7 Å². The number of primary amides is 1. The molecule has 10 heteroatoms. The third-order valence-electron chi connectivity index (χ3n) is 9.29. The average Bonchev–Trinajstić information content (AvgIpc) is 3.05. The lowest BCUT2D eigenvalue weighted by Crippen LogP contribution is -2.46. The van der Waals surface area contributed by atoms with Crippen LogP contribution >= 0.6 is 0 Å². The van der Waals surface area contributed by atoms with E-state index < -0.39 is 23.0 Å². The summed E-state index contributed by atoms with van der Waals surface area (Å²) in [5.41, 5.74) is 8.91. The molecule has 2 aromatic heterocycles. The van der Waals surface area contributed by atoms with Crippen molar-refractivity contribution in [3.05, 3.63) is 121 Å². The Bertz CT molecular complexity index is 1880. The number of fused-ring (bicyclic) bond motifs is 4. The number of carbonyl (C=O) groups excluding carboxylic acids is 1. The van der Waals surface area contributed by atoms with Crippen LogP contribution in [0.3, 0.4) is 0 Å². The molecule has 4 heterocycles. The van der Waals surface area contributed by atoms with E-state index in [-0.39, 0.29) is 36.2 Å². The minimum absolute atomic E-state index is 0.0210. The van der Waals surface area contributed by atoms with Gasteiger partial charge in [0, 0.05) is 49.8 Å². The van der Waals surface area contributed by atoms with Gasteiger partial charge in [0.1, 0.15) is 12.4 Å². The van der Waals surface area contributed by atoms with Crippen LogP contribution in [0.1, 0.15) is 78.3 Å². The number of hydrogen-bond donors (Lipinski definition) is 2. The molecule has 2 aliphatic rings. The molecule has 1 fully saturated rings. The number of nitrogens with zero attached hydrogens (tertiary/aromatic N) is 2. The summed E-state index contributed by atoms with van der Waals surface area (Å²) in [6, 6.07) is 20.1. The molecule has 1 amide bonds. The molecule has 47 heavy (non-hydrogen) atoms. The standard InChI is InChI=1S/C37H41N3O7/c1-22(2)25-9-7-23(8-10-25)21-46-33-14-26(11-12-32(33)45-3)29(16-34(38)42)37-36(44)31(41)15-28(47-37)20-39-17-24-13-27(19-39)30-5-4-6-35(43)40(30)18-24/h4-12,14-15,22,24,27,29,44H,13,16-21H2,1-3H3,(H2,38,42)/t24-,27+,29?/m1/s1. The van der Waals surface area contributed by atoms with Crippen LogP contribution in [-0.2, 0) is 24.5 Å². The highest BCUT2D eigenvalue weighted by atomic mass is 16.5. The Morgan fingerprint density at radius 3 is 2.49 bits per heavy atom. The Morgan fingerprint density at radius 1 is 1.00 bits per heavy atom. The normalized spacial score (nSPS) is 18.0. The summed E-state index contributed by atoms with van der Waals surface area (Å²) in [5.74, 6) is 0.135. The number of ether oxygens (including phenoxy) is 2. The average molecular weight is 640 g/mol. The quantitative estimate of drug-likeness (QED) is 0.238. The van der Waals surface area contributed by atoms with Crippen LogP contribution < -0.4 is 26.2 Å². The van der Waals surface area contributed by atoms with Crippen molar-refractivity contribution < 1.29 is 23.8 Å². The van der Waals surface area contributed by atoms with E-state index in [9.17, 15) is 19.5 Å². The molecular weight excluding hydrogens is 598 g/mol. The van der Waals surface area contributed by atoms with E-state index in [2.05, 4.69) is 30.9 Å². The predicted octanol–water partition coefficient (Wildman–Crippen LogP) is 4.84. The highest BCUT2D eigenvalue weighted by Gasteiger charge is 2.35. The predicted molar refractivity (Wildman–Crippen MR) is 177 cm³/mol. The number of methoxy groups -OCH3 is 1. The summed E-state index contributed by atoms with van der Waals surface area (Å²) in [5, 5.41) is 11.0. The maximum Gasteiger partial charge on any atom is 0.250 e. The molecule has 10 nitrogen and oxygen atoms in total. The van der Waals surface area contributed by atoms with E-state index in [1.165, 1.54) is 11.6 Å². The van der Waals surface area contributed by atoms with Crippen LogP contribution in [0.15, 0.2) is 80.7 Å². The van der Waals surface area contributed by atoms with Gasteiger partial charge in [-0.2, -0.15) is 0 Å². The van der Waals surface area contributed by atoms with Gasteiger partial charge in [-0.15, -0.1) is 0 Å². The Hall–Kier alpha value is -4.83. The van der Waals surface area contributed by atoms with Crippen LogP contribution in [0.2, 0.25) is 0 Å². The summed E-state index contributed by atoms with van der Waals surface area (Å²) in [6.45, 7) is 6.99. The van der Waals surface area contributed by atoms with Gasteiger partial charge in [-0.05, 0) is 53.1 Å². The number of aromatic nitrogens is 1. The fraction of sp³-hybridized carbons (Fsp3) is 0.378. The fourth-order valence-electron chi connectivity index (χ4n) is 6.96. The van der Waals surface area contributed by atoms with Crippen molar-refractivity contribution in [1.29, 1.82) is 0 Å². The lowest BCUT2D eigenvalue weighted by molar-refractivity contribution is -0.118. The number of nitrogens with two attached hydrogens (primary N) is 1. The lowest BCUT2D eigenvalue weighted by Gasteiger charge is -2.42. The second-order valence-electron chi connectivity index (χ2n) is 13.0. The number of rotatable bonds is 11. The van der Waals surface area contributed by atoms with Crippen LogP contribution in [0.25, 0.3) is 0 Å². The first-order chi connectivity index (χ1) is 22.6. The molecule has 3 N–H and O–H groups in total. The van der Waals surface area contributed by atoms with E-state index in [4.69, 9.17) is 19.6 Å². The number of pyridine rings is 1. The number of piperidine rings is 1.